The number of rotatable bonds is 9. The number of benzene rings is 4. The van der Waals surface area contributed by atoms with Crippen LogP contribution in [-0.4, -0.2) is 6.61 Å². The molecule has 0 unspecified atom stereocenters. The fourth-order valence-electron chi connectivity index (χ4n) is 4.89. The maximum absolute atomic E-state index is 6.08. The third kappa shape index (κ3) is 7.63. The summed E-state index contributed by atoms with van der Waals surface area (Å²) in [5.41, 5.74) is 6.81. The molecule has 0 heterocycles. The molecule has 0 saturated heterocycles. The highest BCUT2D eigenvalue weighted by molar-refractivity contribution is 5.96. The van der Waals surface area contributed by atoms with Crippen LogP contribution in [-0.2, 0) is 6.42 Å². The van der Waals surface area contributed by atoms with Crippen molar-refractivity contribution in [2.75, 3.05) is 6.61 Å². The van der Waals surface area contributed by atoms with Crippen molar-refractivity contribution in [3.63, 3.8) is 0 Å². The first kappa shape index (κ1) is 30.2. The second kappa shape index (κ2) is 14.7. The lowest BCUT2D eigenvalue weighted by molar-refractivity contribution is 0.256. The Balaban J connectivity index is 0.000000216. The van der Waals surface area contributed by atoms with Gasteiger partial charge in [0.1, 0.15) is 5.75 Å². The van der Waals surface area contributed by atoms with Crippen molar-refractivity contribution in [3.05, 3.63) is 102 Å². The summed E-state index contributed by atoms with van der Waals surface area (Å²) in [6.45, 7) is 18.4. The maximum atomic E-state index is 6.08. The summed E-state index contributed by atoms with van der Waals surface area (Å²) < 4.78 is 6.08. The second-order valence-corrected chi connectivity index (χ2v) is 11.0. The number of hydrogen-bond acceptors (Lipinski definition) is 1. The largest absolute Gasteiger partial charge is 0.493 e. The maximum Gasteiger partial charge on any atom is 0.127 e. The average molecular weight is 521 g/mol. The van der Waals surface area contributed by atoms with E-state index in [1.165, 1.54) is 62.2 Å². The lowest BCUT2D eigenvalue weighted by Crippen LogP contribution is -2.08. The molecule has 4 rings (SSSR count). The Morgan fingerprint density at radius 2 is 1.18 bits per heavy atom. The van der Waals surface area contributed by atoms with Crippen LogP contribution in [0.1, 0.15) is 84.9 Å². The minimum Gasteiger partial charge on any atom is -0.493 e. The van der Waals surface area contributed by atoms with Crippen LogP contribution >= 0.6 is 0 Å². The van der Waals surface area contributed by atoms with Gasteiger partial charge < -0.3 is 4.74 Å². The minimum absolute atomic E-state index is 0.584. The molecule has 206 valence electrons. The topological polar surface area (TPSA) is 9.23 Å². The van der Waals surface area contributed by atoms with Crippen molar-refractivity contribution in [3.8, 4) is 5.75 Å². The Morgan fingerprint density at radius 3 is 1.74 bits per heavy atom. The van der Waals surface area contributed by atoms with Gasteiger partial charge in [-0.15, -0.1) is 0 Å². The zero-order chi connectivity index (χ0) is 28.4. The molecule has 0 bridgehead atoms. The molecule has 39 heavy (non-hydrogen) atoms. The first-order valence-electron chi connectivity index (χ1n) is 14.8. The van der Waals surface area contributed by atoms with Crippen LogP contribution in [0.15, 0.2) is 84.9 Å². The van der Waals surface area contributed by atoms with Crippen molar-refractivity contribution in [2.24, 2.45) is 11.8 Å². The number of ether oxygens (including phenoxy) is 1. The molecule has 0 N–H and O–H groups in total. The quantitative estimate of drug-likeness (QED) is 0.213. The lowest BCUT2D eigenvalue weighted by atomic mass is 9.88. The van der Waals surface area contributed by atoms with E-state index in [4.69, 9.17) is 4.74 Å². The average Bonchev–Trinajstić information content (AvgIpc) is 2.98. The van der Waals surface area contributed by atoms with Crippen molar-refractivity contribution in [2.45, 2.75) is 74.7 Å². The van der Waals surface area contributed by atoms with Gasteiger partial charge >= 0.3 is 0 Å². The summed E-state index contributed by atoms with van der Waals surface area (Å²) in [6.07, 6.45) is 7.92. The van der Waals surface area contributed by atoms with E-state index >= 15 is 0 Å². The lowest BCUT2D eigenvalue weighted by Gasteiger charge is -2.17. The molecule has 0 aliphatic heterocycles. The van der Waals surface area contributed by atoms with Gasteiger partial charge in [-0.3, -0.25) is 0 Å². The molecule has 2 atom stereocenters. The minimum atomic E-state index is 0.584. The van der Waals surface area contributed by atoms with E-state index in [2.05, 4.69) is 140 Å². The summed E-state index contributed by atoms with van der Waals surface area (Å²) in [4.78, 5) is 0. The van der Waals surface area contributed by atoms with E-state index in [1.807, 2.05) is 0 Å². The molecule has 4 aromatic carbocycles. The number of hydrogen-bond donors (Lipinski definition) is 0. The van der Waals surface area contributed by atoms with Gasteiger partial charge in [-0.05, 0) is 95.8 Å². The van der Waals surface area contributed by atoms with Crippen molar-refractivity contribution >= 4 is 32.7 Å². The predicted molar refractivity (Wildman–Crippen MR) is 175 cm³/mol. The Morgan fingerprint density at radius 1 is 0.667 bits per heavy atom. The molecule has 4 aromatic rings. The summed E-state index contributed by atoms with van der Waals surface area (Å²) in [6, 6.07) is 26.0. The summed E-state index contributed by atoms with van der Waals surface area (Å²) in [5, 5.41) is 5.26. The first-order valence-corrected chi connectivity index (χ1v) is 14.8. The fraction of sp³-hybridized carbons (Fsp3) is 0.368. The van der Waals surface area contributed by atoms with Gasteiger partial charge in [0, 0.05) is 5.56 Å². The molecule has 0 spiro atoms. The highest BCUT2D eigenvalue weighted by atomic mass is 16.5. The van der Waals surface area contributed by atoms with Crippen molar-refractivity contribution < 1.29 is 4.74 Å². The first-order chi connectivity index (χ1) is 18.8. The fourth-order valence-corrected chi connectivity index (χ4v) is 4.89. The molecule has 0 fully saturated rings. The Hall–Kier alpha value is -3.32. The van der Waals surface area contributed by atoms with E-state index in [1.54, 1.807) is 0 Å². The van der Waals surface area contributed by atoms with E-state index in [0.717, 1.165) is 24.7 Å². The third-order valence-electron chi connectivity index (χ3n) is 8.05. The SMILES string of the molecule is CC=C(C)c1c(C[C@H](C)CC)ccc2ccccc12.CC=C(C)c1c(OC[C@H](C)CC)ccc2ccccc12. The summed E-state index contributed by atoms with van der Waals surface area (Å²) in [7, 11) is 0. The van der Waals surface area contributed by atoms with Gasteiger partial charge in [0.15, 0.2) is 0 Å². The van der Waals surface area contributed by atoms with Gasteiger partial charge in [-0.2, -0.15) is 0 Å². The van der Waals surface area contributed by atoms with E-state index in [9.17, 15) is 0 Å². The molecule has 0 aliphatic rings. The number of allylic oxidation sites excluding steroid dienone is 4. The summed E-state index contributed by atoms with van der Waals surface area (Å²) in [5.74, 6) is 2.32. The van der Waals surface area contributed by atoms with Gasteiger partial charge in [0.25, 0.3) is 0 Å². The molecule has 0 aromatic heterocycles. The van der Waals surface area contributed by atoms with Crippen LogP contribution in [0.5, 0.6) is 5.75 Å². The zero-order valence-electron chi connectivity index (χ0n) is 25.5. The van der Waals surface area contributed by atoms with Crippen molar-refractivity contribution in [1.29, 1.82) is 0 Å². The smallest absolute Gasteiger partial charge is 0.127 e. The van der Waals surface area contributed by atoms with E-state index in [0.29, 0.717) is 5.92 Å². The van der Waals surface area contributed by atoms with Gasteiger partial charge in [-0.25, -0.2) is 0 Å². The van der Waals surface area contributed by atoms with Gasteiger partial charge in [0.2, 0.25) is 0 Å². The highest BCUT2D eigenvalue weighted by Gasteiger charge is 2.12. The molecular formula is C38H48O. The predicted octanol–water partition coefficient (Wildman–Crippen LogP) is 11.5. The molecule has 0 aliphatic carbocycles. The molecule has 0 saturated carbocycles. The van der Waals surface area contributed by atoms with Crippen LogP contribution in [0.3, 0.4) is 0 Å². The molecule has 1 nitrogen and oxygen atoms in total. The molecule has 1 heteroatoms. The molecular weight excluding hydrogens is 472 g/mol. The normalized spacial score (nSPS) is 13.6. The van der Waals surface area contributed by atoms with E-state index < -0.39 is 0 Å². The van der Waals surface area contributed by atoms with Crippen LogP contribution in [0.25, 0.3) is 32.7 Å². The van der Waals surface area contributed by atoms with Crippen LogP contribution < -0.4 is 4.74 Å². The van der Waals surface area contributed by atoms with Crippen LogP contribution in [0, 0.1) is 11.8 Å². The van der Waals surface area contributed by atoms with Gasteiger partial charge in [-0.1, -0.05) is 119 Å². The Labute approximate surface area is 237 Å². The highest BCUT2D eigenvalue weighted by Crippen LogP contribution is 2.34. The van der Waals surface area contributed by atoms with Crippen LogP contribution in [0.4, 0.5) is 0 Å². The second-order valence-electron chi connectivity index (χ2n) is 11.0. The molecule has 0 radical (unpaired) electrons. The Kier molecular flexibility index (Phi) is 11.4. The molecule has 0 amide bonds. The number of fused-ring (bicyclic) bond motifs is 2. The standard InChI is InChI=1S/C19H24O.C19H24/c1-5-14(3)13-20-18-12-11-16-9-7-8-10-17(16)19(18)15(4)6-2;1-5-14(3)13-17-12-11-16-9-7-8-10-18(16)19(17)15(4)6-2/h6-12,14H,5,13H2,1-4H3;6-12,14H,5,13H2,1-4H3/t2*14-/m11/s1. The third-order valence-corrected chi connectivity index (χ3v) is 8.05. The van der Waals surface area contributed by atoms with Crippen LogP contribution in [0.2, 0.25) is 0 Å². The van der Waals surface area contributed by atoms with E-state index in [-0.39, 0.29) is 0 Å². The summed E-state index contributed by atoms with van der Waals surface area (Å²) >= 11 is 0. The monoisotopic (exact) mass is 520 g/mol. The van der Waals surface area contributed by atoms with Gasteiger partial charge in [0.05, 0.1) is 6.61 Å². The Bertz CT molecular complexity index is 1420. The van der Waals surface area contributed by atoms with Crippen molar-refractivity contribution in [1.82, 2.24) is 0 Å². The zero-order valence-corrected chi connectivity index (χ0v) is 25.5.